The van der Waals surface area contributed by atoms with Crippen LogP contribution in [0, 0.1) is 6.92 Å². The van der Waals surface area contributed by atoms with Gasteiger partial charge in [-0.3, -0.25) is 4.79 Å². The van der Waals surface area contributed by atoms with Crippen molar-refractivity contribution in [2.75, 3.05) is 27.7 Å². The van der Waals surface area contributed by atoms with Crippen LogP contribution in [0.4, 0.5) is 0 Å². The minimum absolute atomic E-state index is 0.0127. The van der Waals surface area contributed by atoms with Crippen molar-refractivity contribution in [2.24, 2.45) is 0 Å². The number of likely N-dealkylation sites (N-methyl/N-ethyl adjacent to an activating group) is 1. The molecule has 148 valence electrons. The lowest BCUT2D eigenvalue weighted by molar-refractivity contribution is -0.120. The highest BCUT2D eigenvalue weighted by Gasteiger charge is 2.18. The molecule has 1 atom stereocenters. The molecule has 0 radical (unpaired) electrons. The summed E-state index contributed by atoms with van der Waals surface area (Å²) in [5, 5.41) is 4.18. The van der Waals surface area contributed by atoms with Gasteiger partial charge in [0, 0.05) is 27.6 Å². The molecule has 0 aliphatic heterocycles. The van der Waals surface area contributed by atoms with E-state index < -0.39 is 0 Å². The molecule has 2 aromatic carbocycles. The van der Waals surface area contributed by atoms with Crippen LogP contribution < -0.4 is 10.1 Å². The lowest BCUT2D eigenvalue weighted by Gasteiger charge is -2.25. The Balaban J connectivity index is 1.72. The van der Waals surface area contributed by atoms with E-state index in [1.807, 2.05) is 51.4 Å². The van der Waals surface area contributed by atoms with Gasteiger partial charge in [0.1, 0.15) is 5.75 Å². The minimum Gasteiger partial charge on any atom is -0.497 e. The lowest BCUT2D eigenvalue weighted by atomic mass is 10.0. The fourth-order valence-corrected chi connectivity index (χ4v) is 3.82. The number of ether oxygens (including phenoxy) is 1. The van der Waals surface area contributed by atoms with Crippen LogP contribution >= 0.6 is 15.9 Å². The third kappa shape index (κ3) is 4.56. The number of halogens is 1. The zero-order valence-corrected chi connectivity index (χ0v) is 18.3. The Morgan fingerprint density at radius 1 is 1.25 bits per heavy atom. The van der Waals surface area contributed by atoms with Crippen molar-refractivity contribution in [2.45, 2.75) is 19.4 Å². The van der Waals surface area contributed by atoms with Crippen LogP contribution in [0.5, 0.6) is 5.75 Å². The van der Waals surface area contributed by atoms with Gasteiger partial charge in [0.15, 0.2) is 0 Å². The maximum Gasteiger partial charge on any atom is 0.224 e. The van der Waals surface area contributed by atoms with Crippen molar-refractivity contribution >= 4 is 32.7 Å². The number of benzene rings is 2. The number of methoxy groups -OCH3 is 1. The van der Waals surface area contributed by atoms with Crippen LogP contribution in [0.3, 0.4) is 0 Å². The average molecular weight is 444 g/mol. The summed E-state index contributed by atoms with van der Waals surface area (Å²) in [6, 6.07) is 14.1. The number of aromatic amines is 1. The summed E-state index contributed by atoms with van der Waals surface area (Å²) in [5.41, 5.74) is 4.22. The highest BCUT2D eigenvalue weighted by Crippen LogP contribution is 2.26. The predicted molar refractivity (Wildman–Crippen MR) is 117 cm³/mol. The van der Waals surface area contributed by atoms with E-state index in [9.17, 15) is 4.79 Å². The maximum absolute atomic E-state index is 12.7. The molecule has 1 unspecified atom stereocenters. The standard InChI is InChI=1S/C22H26BrN3O2/c1-14-18(19-11-16(23)8-9-20(19)25-14)12-22(27)24-13-21(26(2)3)15-6-5-7-17(10-15)28-4/h5-11,21,25H,12-13H2,1-4H3,(H,24,27). The van der Waals surface area contributed by atoms with E-state index in [-0.39, 0.29) is 11.9 Å². The Hall–Kier alpha value is -2.31. The second kappa shape index (κ2) is 8.80. The largest absolute Gasteiger partial charge is 0.497 e. The van der Waals surface area contributed by atoms with Gasteiger partial charge in [-0.1, -0.05) is 28.1 Å². The molecule has 1 heterocycles. The molecule has 0 aliphatic carbocycles. The van der Waals surface area contributed by atoms with Crippen molar-refractivity contribution in [3.63, 3.8) is 0 Å². The molecule has 2 N–H and O–H groups in total. The van der Waals surface area contributed by atoms with E-state index in [2.05, 4.69) is 43.3 Å². The molecule has 0 bridgehead atoms. The van der Waals surface area contributed by atoms with Gasteiger partial charge in [-0.2, -0.15) is 0 Å². The number of hydrogen-bond acceptors (Lipinski definition) is 3. The van der Waals surface area contributed by atoms with Crippen LogP contribution in [-0.4, -0.2) is 43.5 Å². The monoisotopic (exact) mass is 443 g/mol. The molecular formula is C22H26BrN3O2. The van der Waals surface area contributed by atoms with Crippen LogP contribution in [0.1, 0.15) is 22.9 Å². The van der Waals surface area contributed by atoms with Crippen molar-refractivity contribution in [3.8, 4) is 5.75 Å². The summed E-state index contributed by atoms with van der Waals surface area (Å²) < 4.78 is 6.34. The highest BCUT2D eigenvalue weighted by molar-refractivity contribution is 9.10. The van der Waals surface area contributed by atoms with Gasteiger partial charge in [0.25, 0.3) is 0 Å². The third-order valence-corrected chi connectivity index (χ3v) is 5.51. The molecule has 1 aromatic heterocycles. The number of H-pyrrole nitrogens is 1. The van der Waals surface area contributed by atoms with Crippen molar-refractivity contribution in [3.05, 3.63) is 63.8 Å². The van der Waals surface area contributed by atoms with Crippen molar-refractivity contribution in [1.29, 1.82) is 0 Å². The molecule has 6 heteroatoms. The van der Waals surface area contributed by atoms with Gasteiger partial charge in [0.2, 0.25) is 5.91 Å². The first-order valence-electron chi connectivity index (χ1n) is 9.23. The van der Waals surface area contributed by atoms with Crippen LogP contribution in [0.15, 0.2) is 46.9 Å². The first kappa shape index (κ1) is 20.4. The second-order valence-electron chi connectivity index (χ2n) is 7.16. The molecule has 0 saturated carbocycles. The summed E-state index contributed by atoms with van der Waals surface area (Å²) in [6.07, 6.45) is 0.348. The highest BCUT2D eigenvalue weighted by atomic mass is 79.9. The lowest BCUT2D eigenvalue weighted by Crippen LogP contribution is -2.35. The van der Waals surface area contributed by atoms with E-state index in [0.29, 0.717) is 13.0 Å². The topological polar surface area (TPSA) is 57.4 Å². The Morgan fingerprint density at radius 2 is 2.04 bits per heavy atom. The van der Waals surface area contributed by atoms with E-state index in [1.165, 1.54) is 0 Å². The zero-order chi connectivity index (χ0) is 20.3. The maximum atomic E-state index is 12.7. The molecule has 3 aromatic rings. The predicted octanol–water partition coefficient (Wildman–Crippen LogP) is 4.21. The number of amides is 1. The SMILES string of the molecule is COc1cccc(C(CNC(=O)Cc2c(C)[nH]c3ccc(Br)cc23)N(C)C)c1. The van der Waals surface area contributed by atoms with Crippen molar-refractivity contribution in [1.82, 2.24) is 15.2 Å². The fraction of sp³-hybridized carbons (Fsp3) is 0.318. The average Bonchev–Trinajstić information content (AvgIpc) is 2.96. The number of nitrogens with zero attached hydrogens (tertiary/aromatic N) is 1. The summed E-state index contributed by atoms with van der Waals surface area (Å²) in [4.78, 5) is 18.2. The van der Waals surface area contributed by atoms with Crippen LogP contribution in [0.2, 0.25) is 0 Å². The molecule has 0 fully saturated rings. The summed E-state index contributed by atoms with van der Waals surface area (Å²) in [5.74, 6) is 0.828. The van der Waals surface area contributed by atoms with Crippen molar-refractivity contribution < 1.29 is 9.53 Å². The fourth-order valence-electron chi connectivity index (χ4n) is 3.46. The van der Waals surface area contributed by atoms with Gasteiger partial charge >= 0.3 is 0 Å². The zero-order valence-electron chi connectivity index (χ0n) is 16.7. The summed E-state index contributed by atoms with van der Waals surface area (Å²) >= 11 is 3.52. The Morgan fingerprint density at radius 3 is 2.75 bits per heavy atom. The van der Waals surface area contributed by atoms with Gasteiger partial charge in [-0.05, 0) is 62.5 Å². The Bertz CT molecular complexity index is 981. The molecule has 5 nitrogen and oxygen atoms in total. The number of carbonyl (C=O) groups excluding carboxylic acids is 1. The molecule has 3 rings (SSSR count). The van der Waals surface area contributed by atoms with Gasteiger partial charge in [-0.15, -0.1) is 0 Å². The van der Waals surface area contributed by atoms with E-state index in [0.717, 1.165) is 37.9 Å². The number of fused-ring (bicyclic) bond motifs is 1. The third-order valence-electron chi connectivity index (χ3n) is 5.01. The van der Waals surface area contributed by atoms with Crippen LogP contribution in [0.25, 0.3) is 10.9 Å². The summed E-state index contributed by atoms with van der Waals surface area (Å²) in [6.45, 7) is 2.54. The molecular weight excluding hydrogens is 418 g/mol. The number of aryl methyl sites for hydroxylation is 1. The molecule has 0 aliphatic rings. The van der Waals surface area contributed by atoms with Crippen LogP contribution in [-0.2, 0) is 11.2 Å². The number of aromatic nitrogens is 1. The minimum atomic E-state index is 0.0127. The van der Waals surface area contributed by atoms with Gasteiger partial charge in [-0.25, -0.2) is 0 Å². The Labute approximate surface area is 174 Å². The number of rotatable bonds is 7. The normalized spacial score (nSPS) is 12.4. The quantitative estimate of drug-likeness (QED) is 0.574. The molecule has 1 amide bonds. The number of nitrogens with one attached hydrogen (secondary N) is 2. The van der Waals surface area contributed by atoms with E-state index in [4.69, 9.17) is 4.74 Å². The van der Waals surface area contributed by atoms with E-state index >= 15 is 0 Å². The number of hydrogen-bond donors (Lipinski definition) is 2. The molecule has 28 heavy (non-hydrogen) atoms. The smallest absolute Gasteiger partial charge is 0.224 e. The Kier molecular flexibility index (Phi) is 6.42. The first-order valence-corrected chi connectivity index (χ1v) is 10.0. The van der Waals surface area contributed by atoms with Gasteiger partial charge in [0.05, 0.1) is 19.6 Å². The first-order chi connectivity index (χ1) is 13.4. The second-order valence-corrected chi connectivity index (χ2v) is 8.07. The van der Waals surface area contributed by atoms with E-state index in [1.54, 1.807) is 7.11 Å². The molecule has 0 saturated heterocycles. The summed E-state index contributed by atoms with van der Waals surface area (Å²) in [7, 11) is 5.68. The number of carbonyl (C=O) groups is 1. The molecule has 0 spiro atoms. The van der Waals surface area contributed by atoms with Gasteiger partial charge < -0.3 is 19.9 Å².